The Morgan fingerprint density at radius 3 is 2.40 bits per heavy atom. The van der Waals surface area contributed by atoms with Crippen LogP contribution in [0.2, 0.25) is 0 Å². The van der Waals surface area contributed by atoms with Gasteiger partial charge in [0.15, 0.2) is 6.23 Å². The zero-order valence-electron chi connectivity index (χ0n) is 8.14. The number of sulfonamides is 1. The van der Waals surface area contributed by atoms with Crippen LogP contribution in [0, 0.1) is 6.92 Å². The molecular formula is C9H11NO4S. The lowest BCUT2D eigenvalue weighted by Gasteiger charge is -2.24. The van der Waals surface area contributed by atoms with Crippen LogP contribution in [-0.2, 0) is 19.8 Å². The van der Waals surface area contributed by atoms with E-state index in [9.17, 15) is 8.42 Å². The van der Waals surface area contributed by atoms with Gasteiger partial charge < -0.3 is 0 Å². The van der Waals surface area contributed by atoms with E-state index in [1.807, 2.05) is 6.92 Å². The van der Waals surface area contributed by atoms with Crippen molar-refractivity contribution in [1.82, 2.24) is 4.72 Å². The number of hydrogen-bond acceptors (Lipinski definition) is 4. The van der Waals surface area contributed by atoms with Crippen LogP contribution < -0.4 is 4.72 Å². The molecule has 1 atom stereocenters. The van der Waals surface area contributed by atoms with Crippen molar-refractivity contribution in [2.45, 2.75) is 18.0 Å². The van der Waals surface area contributed by atoms with Gasteiger partial charge in [-0.15, -0.1) is 0 Å². The van der Waals surface area contributed by atoms with Crippen molar-refractivity contribution < 1.29 is 18.2 Å². The average molecular weight is 229 g/mol. The van der Waals surface area contributed by atoms with E-state index in [1.54, 1.807) is 24.3 Å². The number of benzene rings is 1. The number of hydrogen-bond donors (Lipinski definition) is 1. The molecule has 5 nitrogen and oxygen atoms in total. The van der Waals surface area contributed by atoms with Crippen LogP contribution in [0.3, 0.4) is 0 Å². The van der Waals surface area contributed by atoms with Gasteiger partial charge in [-0.1, -0.05) is 17.7 Å². The van der Waals surface area contributed by atoms with Crippen molar-refractivity contribution in [3.63, 3.8) is 0 Å². The van der Waals surface area contributed by atoms with Crippen molar-refractivity contribution in [3.8, 4) is 0 Å². The Balaban J connectivity index is 2.17. The fraction of sp³-hybridized carbons (Fsp3) is 0.333. The minimum absolute atomic E-state index is 0.226. The van der Waals surface area contributed by atoms with Gasteiger partial charge in [0.25, 0.3) is 0 Å². The van der Waals surface area contributed by atoms with E-state index < -0.39 is 16.3 Å². The molecular weight excluding hydrogens is 218 g/mol. The first-order valence-electron chi connectivity index (χ1n) is 4.45. The third-order valence-electron chi connectivity index (χ3n) is 2.02. The molecule has 1 aliphatic heterocycles. The summed E-state index contributed by atoms with van der Waals surface area (Å²) < 4.78 is 25.8. The molecule has 1 unspecified atom stereocenters. The van der Waals surface area contributed by atoms with E-state index in [-0.39, 0.29) is 11.5 Å². The Morgan fingerprint density at radius 1 is 1.33 bits per heavy atom. The van der Waals surface area contributed by atoms with Crippen LogP contribution in [0.4, 0.5) is 0 Å². The number of rotatable bonds is 3. The third kappa shape index (κ3) is 2.35. The highest BCUT2D eigenvalue weighted by atomic mass is 32.2. The summed E-state index contributed by atoms with van der Waals surface area (Å²) in [7, 11) is -3.49. The molecule has 6 heteroatoms. The van der Waals surface area contributed by atoms with Gasteiger partial charge in [0, 0.05) is 0 Å². The van der Waals surface area contributed by atoms with E-state index in [0.29, 0.717) is 0 Å². The van der Waals surface area contributed by atoms with E-state index in [4.69, 9.17) is 0 Å². The molecule has 82 valence electrons. The molecule has 1 N–H and O–H groups in total. The topological polar surface area (TPSA) is 64.6 Å². The van der Waals surface area contributed by atoms with Crippen LogP contribution in [0.5, 0.6) is 0 Å². The normalized spacial score (nSPS) is 21.0. The quantitative estimate of drug-likeness (QED) is 0.769. The van der Waals surface area contributed by atoms with Crippen LogP contribution >= 0.6 is 0 Å². The Bertz CT molecular complexity index is 436. The minimum Gasteiger partial charge on any atom is -0.231 e. The van der Waals surface area contributed by atoms with E-state index in [2.05, 4.69) is 14.5 Å². The largest absolute Gasteiger partial charge is 0.242 e. The highest BCUT2D eigenvalue weighted by Crippen LogP contribution is 2.12. The molecule has 0 radical (unpaired) electrons. The maximum absolute atomic E-state index is 11.7. The molecule has 0 bridgehead atoms. The summed E-state index contributed by atoms with van der Waals surface area (Å²) in [6, 6.07) is 6.59. The average Bonchev–Trinajstić information content (AvgIpc) is 2.13. The molecule has 1 aromatic carbocycles. The van der Waals surface area contributed by atoms with Crippen LogP contribution in [0.1, 0.15) is 5.56 Å². The molecule has 1 heterocycles. The van der Waals surface area contributed by atoms with Crippen molar-refractivity contribution >= 4 is 10.0 Å². The summed E-state index contributed by atoms with van der Waals surface area (Å²) in [5, 5.41) is 0. The Morgan fingerprint density at radius 2 is 1.93 bits per heavy atom. The summed E-state index contributed by atoms with van der Waals surface area (Å²) in [5.41, 5.74) is 1.01. The maximum atomic E-state index is 11.7. The van der Waals surface area contributed by atoms with Crippen molar-refractivity contribution in [2.24, 2.45) is 0 Å². The lowest BCUT2D eigenvalue weighted by atomic mass is 10.2. The zero-order valence-corrected chi connectivity index (χ0v) is 8.95. The van der Waals surface area contributed by atoms with Gasteiger partial charge in [-0.2, -0.15) is 4.72 Å². The van der Waals surface area contributed by atoms with Gasteiger partial charge >= 0.3 is 0 Å². The molecule has 1 aromatic rings. The molecule has 2 rings (SSSR count). The SMILES string of the molecule is Cc1ccc(S(=O)(=O)NC2COO2)cc1. The number of aryl methyl sites for hydroxylation is 1. The van der Waals surface area contributed by atoms with Crippen molar-refractivity contribution in [2.75, 3.05) is 6.61 Å². The zero-order chi connectivity index (χ0) is 10.9. The summed E-state index contributed by atoms with van der Waals surface area (Å²) in [5.74, 6) is 0. The van der Waals surface area contributed by atoms with Crippen LogP contribution in [-0.4, -0.2) is 21.3 Å². The first kappa shape index (κ1) is 10.6. The number of nitrogens with one attached hydrogen (secondary N) is 1. The fourth-order valence-corrected chi connectivity index (χ4v) is 2.23. The second-order valence-corrected chi connectivity index (χ2v) is 5.02. The van der Waals surface area contributed by atoms with E-state index in [0.717, 1.165) is 5.56 Å². The van der Waals surface area contributed by atoms with Gasteiger partial charge in [0.1, 0.15) is 6.61 Å². The smallest absolute Gasteiger partial charge is 0.231 e. The van der Waals surface area contributed by atoms with E-state index >= 15 is 0 Å². The first-order chi connectivity index (χ1) is 7.08. The lowest BCUT2D eigenvalue weighted by molar-refractivity contribution is -0.426. The molecule has 0 aliphatic carbocycles. The second-order valence-electron chi connectivity index (χ2n) is 3.30. The van der Waals surface area contributed by atoms with Gasteiger partial charge in [-0.3, -0.25) is 0 Å². The summed E-state index contributed by atoms with van der Waals surface area (Å²) in [6.45, 7) is 2.14. The Kier molecular flexibility index (Phi) is 2.74. The van der Waals surface area contributed by atoms with Crippen molar-refractivity contribution in [1.29, 1.82) is 0 Å². The van der Waals surface area contributed by atoms with Gasteiger partial charge in [0.05, 0.1) is 4.90 Å². The van der Waals surface area contributed by atoms with Crippen molar-refractivity contribution in [3.05, 3.63) is 29.8 Å². The Hall–Kier alpha value is -0.950. The third-order valence-corrected chi connectivity index (χ3v) is 3.49. The lowest BCUT2D eigenvalue weighted by Crippen LogP contribution is -2.46. The van der Waals surface area contributed by atoms with Gasteiger partial charge in [-0.25, -0.2) is 18.2 Å². The molecule has 0 spiro atoms. The van der Waals surface area contributed by atoms with Gasteiger partial charge in [-0.05, 0) is 19.1 Å². The highest BCUT2D eigenvalue weighted by Gasteiger charge is 2.27. The standard InChI is InChI=1S/C9H11NO4S/c1-7-2-4-8(5-3-7)15(11,12)10-9-6-13-14-9/h2-5,9-10H,6H2,1H3. The molecule has 15 heavy (non-hydrogen) atoms. The predicted molar refractivity (Wildman–Crippen MR) is 52.3 cm³/mol. The molecule has 0 amide bonds. The molecule has 1 aliphatic rings. The fourth-order valence-electron chi connectivity index (χ4n) is 1.15. The molecule has 0 aromatic heterocycles. The monoisotopic (exact) mass is 229 g/mol. The minimum atomic E-state index is -3.49. The summed E-state index contributed by atoms with van der Waals surface area (Å²) in [6.07, 6.45) is -0.573. The molecule has 1 saturated heterocycles. The first-order valence-corrected chi connectivity index (χ1v) is 5.93. The second kappa shape index (κ2) is 3.90. The van der Waals surface area contributed by atoms with Gasteiger partial charge in [0.2, 0.25) is 10.0 Å². The molecule has 0 saturated carbocycles. The highest BCUT2D eigenvalue weighted by molar-refractivity contribution is 7.89. The Labute approximate surface area is 88.0 Å². The van der Waals surface area contributed by atoms with Crippen LogP contribution in [0.25, 0.3) is 0 Å². The maximum Gasteiger partial charge on any atom is 0.242 e. The summed E-state index contributed by atoms with van der Waals surface area (Å²) >= 11 is 0. The molecule has 1 fully saturated rings. The predicted octanol–water partition coefficient (Wildman–Crippen LogP) is 0.561. The summed E-state index contributed by atoms with van der Waals surface area (Å²) in [4.78, 5) is 9.16. The van der Waals surface area contributed by atoms with Crippen LogP contribution in [0.15, 0.2) is 29.2 Å². The van der Waals surface area contributed by atoms with E-state index in [1.165, 1.54) is 0 Å².